The summed E-state index contributed by atoms with van der Waals surface area (Å²) in [5.41, 5.74) is 0.775. The molecule has 6 nitrogen and oxygen atoms in total. The molecular formula is C25H34N4O2. The predicted molar refractivity (Wildman–Crippen MR) is 124 cm³/mol. The standard InChI is InChI=1S/C25H34N4O2/c1-19(2)28-15-11-20(12-16-28)22-10-7-14-26-23(22)27-24(30)29-17-13-25(3,18-29)31-21-8-5-4-6-9-21/h4-10,14,19-20H,11-13,15-18H2,1-3H3,(H,26,27,30). The minimum atomic E-state index is -0.380. The van der Waals surface area contributed by atoms with Gasteiger partial charge >= 0.3 is 6.03 Å². The normalized spacial score (nSPS) is 22.6. The van der Waals surface area contributed by atoms with Crippen molar-refractivity contribution in [3.05, 3.63) is 54.2 Å². The van der Waals surface area contributed by atoms with E-state index < -0.39 is 0 Å². The van der Waals surface area contributed by atoms with Gasteiger partial charge in [-0.3, -0.25) is 5.32 Å². The Morgan fingerprint density at radius 1 is 1.13 bits per heavy atom. The largest absolute Gasteiger partial charge is 0.486 e. The second-order valence-electron chi connectivity index (χ2n) is 9.31. The number of piperidine rings is 1. The van der Waals surface area contributed by atoms with Crippen molar-refractivity contribution in [2.45, 2.75) is 57.6 Å². The van der Waals surface area contributed by atoms with E-state index in [2.05, 4.69) is 42.0 Å². The van der Waals surface area contributed by atoms with E-state index in [0.29, 0.717) is 30.9 Å². The van der Waals surface area contributed by atoms with E-state index in [0.717, 1.165) is 43.7 Å². The van der Waals surface area contributed by atoms with E-state index in [1.54, 1.807) is 6.20 Å². The Hall–Kier alpha value is -2.60. The maximum atomic E-state index is 13.0. The molecule has 1 unspecified atom stereocenters. The molecule has 1 aromatic carbocycles. The Morgan fingerprint density at radius 3 is 2.58 bits per heavy atom. The van der Waals surface area contributed by atoms with Crippen LogP contribution in [0.2, 0.25) is 0 Å². The Bertz CT molecular complexity index is 880. The highest BCUT2D eigenvalue weighted by atomic mass is 16.5. The lowest BCUT2D eigenvalue weighted by Gasteiger charge is -2.35. The molecule has 0 radical (unpaired) electrons. The first-order valence-electron chi connectivity index (χ1n) is 11.4. The first-order chi connectivity index (χ1) is 14.9. The van der Waals surface area contributed by atoms with Crippen molar-refractivity contribution in [3.63, 3.8) is 0 Å². The maximum absolute atomic E-state index is 13.0. The molecule has 1 atom stereocenters. The predicted octanol–water partition coefficient (Wildman–Crippen LogP) is 4.74. The number of likely N-dealkylation sites (tertiary alicyclic amines) is 2. The van der Waals surface area contributed by atoms with E-state index in [1.165, 1.54) is 0 Å². The fourth-order valence-corrected chi connectivity index (χ4v) is 4.72. The number of para-hydroxylation sites is 1. The second-order valence-corrected chi connectivity index (χ2v) is 9.31. The SMILES string of the molecule is CC(C)N1CCC(c2cccnc2NC(=O)N2CCC(C)(Oc3ccccc3)C2)CC1. The summed E-state index contributed by atoms with van der Waals surface area (Å²) < 4.78 is 6.20. The van der Waals surface area contributed by atoms with Crippen LogP contribution in [0.15, 0.2) is 48.7 Å². The lowest BCUT2D eigenvalue weighted by atomic mass is 9.89. The van der Waals surface area contributed by atoms with Gasteiger partial charge in [0.1, 0.15) is 17.2 Å². The van der Waals surface area contributed by atoms with Crippen LogP contribution in [0.5, 0.6) is 5.75 Å². The number of carbonyl (C=O) groups is 1. The van der Waals surface area contributed by atoms with Gasteiger partial charge in [0.2, 0.25) is 0 Å². The van der Waals surface area contributed by atoms with Crippen molar-refractivity contribution in [1.29, 1.82) is 0 Å². The molecule has 166 valence electrons. The molecule has 0 bridgehead atoms. The fourth-order valence-electron chi connectivity index (χ4n) is 4.72. The molecule has 4 rings (SSSR count). The summed E-state index contributed by atoms with van der Waals surface area (Å²) in [6.45, 7) is 9.98. The Labute approximate surface area is 185 Å². The third kappa shape index (κ3) is 5.18. The van der Waals surface area contributed by atoms with Crippen LogP contribution in [0, 0.1) is 0 Å². The van der Waals surface area contributed by atoms with Crippen LogP contribution >= 0.6 is 0 Å². The number of rotatable bonds is 5. The van der Waals surface area contributed by atoms with Crippen molar-refractivity contribution < 1.29 is 9.53 Å². The first kappa shape index (κ1) is 21.6. The van der Waals surface area contributed by atoms with Crippen molar-refractivity contribution >= 4 is 11.8 Å². The molecule has 6 heteroatoms. The highest BCUT2D eigenvalue weighted by Gasteiger charge is 2.38. The number of amides is 2. The van der Waals surface area contributed by atoms with Gasteiger partial charge in [-0.25, -0.2) is 9.78 Å². The van der Waals surface area contributed by atoms with Crippen LogP contribution in [-0.4, -0.2) is 58.6 Å². The molecule has 3 heterocycles. The van der Waals surface area contributed by atoms with Crippen molar-refractivity contribution in [2.24, 2.45) is 0 Å². The zero-order valence-electron chi connectivity index (χ0n) is 18.9. The monoisotopic (exact) mass is 422 g/mol. The van der Waals surface area contributed by atoms with E-state index in [1.807, 2.05) is 41.3 Å². The van der Waals surface area contributed by atoms with E-state index in [-0.39, 0.29) is 11.6 Å². The summed E-state index contributed by atoms with van der Waals surface area (Å²) in [6.07, 6.45) is 4.76. The zero-order valence-corrected chi connectivity index (χ0v) is 18.9. The molecule has 2 aliphatic heterocycles. The van der Waals surface area contributed by atoms with Gasteiger partial charge in [0.25, 0.3) is 0 Å². The smallest absolute Gasteiger partial charge is 0.323 e. The molecule has 1 N–H and O–H groups in total. The number of nitrogens with zero attached hydrogens (tertiary/aromatic N) is 3. The minimum absolute atomic E-state index is 0.0973. The molecular weight excluding hydrogens is 388 g/mol. The zero-order chi connectivity index (χ0) is 21.8. The van der Waals surface area contributed by atoms with Crippen LogP contribution in [0.1, 0.15) is 51.5 Å². The number of hydrogen-bond acceptors (Lipinski definition) is 4. The molecule has 2 fully saturated rings. The lowest BCUT2D eigenvalue weighted by molar-refractivity contribution is 0.100. The van der Waals surface area contributed by atoms with Gasteiger partial charge in [-0.05, 0) is 76.4 Å². The Balaban J connectivity index is 1.38. The van der Waals surface area contributed by atoms with Crippen LogP contribution in [0.25, 0.3) is 0 Å². The van der Waals surface area contributed by atoms with Gasteiger partial charge in [-0.2, -0.15) is 0 Å². The van der Waals surface area contributed by atoms with Gasteiger partial charge in [0.05, 0.1) is 6.54 Å². The van der Waals surface area contributed by atoms with Gasteiger partial charge in [-0.1, -0.05) is 24.3 Å². The van der Waals surface area contributed by atoms with Crippen LogP contribution in [0.4, 0.5) is 10.6 Å². The number of aromatic nitrogens is 1. The van der Waals surface area contributed by atoms with Gasteiger partial charge < -0.3 is 14.5 Å². The highest BCUT2D eigenvalue weighted by molar-refractivity contribution is 5.89. The quantitative estimate of drug-likeness (QED) is 0.756. The number of nitrogens with one attached hydrogen (secondary N) is 1. The summed E-state index contributed by atoms with van der Waals surface area (Å²) in [5, 5.41) is 3.09. The number of anilines is 1. The topological polar surface area (TPSA) is 57.7 Å². The summed E-state index contributed by atoms with van der Waals surface area (Å²) >= 11 is 0. The van der Waals surface area contributed by atoms with E-state index in [9.17, 15) is 4.79 Å². The number of pyridine rings is 1. The van der Waals surface area contributed by atoms with Gasteiger partial charge in [0, 0.05) is 25.2 Å². The molecule has 0 saturated carbocycles. The van der Waals surface area contributed by atoms with Crippen molar-refractivity contribution in [1.82, 2.24) is 14.8 Å². The van der Waals surface area contributed by atoms with Crippen molar-refractivity contribution in [2.75, 3.05) is 31.5 Å². The molecule has 2 aliphatic rings. The molecule has 1 aromatic heterocycles. The van der Waals surface area contributed by atoms with Gasteiger partial charge in [-0.15, -0.1) is 0 Å². The van der Waals surface area contributed by atoms with Crippen molar-refractivity contribution in [3.8, 4) is 5.75 Å². The van der Waals surface area contributed by atoms with E-state index in [4.69, 9.17) is 4.74 Å². The van der Waals surface area contributed by atoms with Crippen LogP contribution in [-0.2, 0) is 0 Å². The maximum Gasteiger partial charge on any atom is 0.323 e. The Kier molecular flexibility index (Phi) is 6.46. The number of urea groups is 1. The fraction of sp³-hybridized carbons (Fsp3) is 0.520. The molecule has 2 amide bonds. The molecule has 31 heavy (non-hydrogen) atoms. The van der Waals surface area contributed by atoms with Crippen LogP contribution < -0.4 is 10.1 Å². The summed E-state index contributed by atoms with van der Waals surface area (Å²) in [6, 6.07) is 14.4. The Morgan fingerprint density at radius 2 is 1.87 bits per heavy atom. The summed E-state index contributed by atoms with van der Waals surface area (Å²) in [4.78, 5) is 21.9. The van der Waals surface area contributed by atoms with E-state index >= 15 is 0 Å². The summed E-state index contributed by atoms with van der Waals surface area (Å²) in [7, 11) is 0. The van der Waals surface area contributed by atoms with Gasteiger partial charge in [0.15, 0.2) is 0 Å². The summed E-state index contributed by atoms with van der Waals surface area (Å²) in [5.74, 6) is 1.98. The lowest BCUT2D eigenvalue weighted by Crippen LogP contribution is -2.40. The molecule has 0 aliphatic carbocycles. The number of benzene rings is 1. The third-order valence-electron chi connectivity index (χ3n) is 6.59. The average Bonchev–Trinajstić information content (AvgIpc) is 3.16. The van der Waals surface area contributed by atoms with Crippen LogP contribution in [0.3, 0.4) is 0 Å². The average molecular weight is 423 g/mol. The second kappa shape index (κ2) is 9.27. The highest BCUT2D eigenvalue weighted by Crippen LogP contribution is 2.33. The number of ether oxygens (including phenoxy) is 1. The third-order valence-corrected chi connectivity index (χ3v) is 6.59. The minimum Gasteiger partial charge on any atom is -0.486 e. The number of hydrogen-bond donors (Lipinski definition) is 1. The molecule has 2 aromatic rings. The molecule has 2 saturated heterocycles. The first-order valence-corrected chi connectivity index (χ1v) is 11.4. The molecule has 0 spiro atoms. The number of carbonyl (C=O) groups excluding carboxylic acids is 1.